The van der Waals surface area contributed by atoms with Gasteiger partial charge in [-0.3, -0.25) is 4.90 Å². The summed E-state index contributed by atoms with van der Waals surface area (Å²) in [4.78, 5) is 2.49. The van der Waals surface area contributed by atoms with E-state index in [2.05, 4.69) is 4.90 Å². The van der Waals surface area contributed by atoms with Gasteiger partial charge in [-0.15, -0.1) is 0 Å². The van der Waals surface area contributed by atoms with E-state index in [9.17, 15) is 0 Å². The number of hydrogen-bond acceptors (Lipinski definition) is 6. The first-order chi connectivity index (χ1) is 9.83. The van der Waals surface area contributed by atoms with Crippen molar-refractivity contribution in [3.63, 3.8) is 0 Å². The first kappa shape index (κ1) is 13.8. The first-order valence-electron chi connectivity index (χ1n) is 6.72. The highest BCUT2D eigenvalue weighted by Crippen LogP contribution is 2.21. The van der Waals surface area contributed by atoms with Crippen molar-refractivity contribution >= 4 is 23.4 Å². The van der Waals surface area contributed by atoms with E-state index in [1.165, 1.54) is 0 Å². The highest BCUT2D eigenvalue weighted by molar-refractivity contribution is 7.71. The molecule has 0 radical (unpaired) electrons. The van der Waals surface area contributed by atoms with Crippen LogP contribution in [0.25, 0.3) is 11.2 Å². The Morgan fingerprint density at radius 2 is 2.05 bits per heavy atom. The van der Waals surface area contributed by atoms with Crippen molar-refractivity contribution in [1.82, 2.24) is 4.90 Å². The Morgan fingerprint density at radius 1 is 1.20 bits per heavy atom. The third-order valence-electron chi connectivity index (χ3n) is 3.35. The largest absolute Gasteiger partial charge is 0.413 e. The number of morpholine rings is 1. The monoisotopic (exact) mass is 295 g/mol. The summed E-state index contributed by atoms with van der Waals surface area (Å²) >= 11 is 4.90. The van der Waals surface area contributed by atoms with Crippen LogP contribution < -0.4 is 0 Å². The number of para-hydroxylation sites is 1. The van der Waals surface area contributed by atoms with Crippen LogP contribution in [0.5, 0.6) is 0 Å². The summed E-state index contributed by atoms with van der Waals surface area (Å²) in [6.45, 7) is 5.71. The molecule has 3 rings (SSSR count). The molecular weight excluding hydrogens is 278 g/mol. The van der Waals surface area contributed by atoms with Gasteiger partial charge in [-0.05, 0) is 6.07 Å². The maximum atomic E-state index is 5.72. The molecule has 0 bridgehead atoms. The predicted molar refractivity (Wildman–Crippen MR) is 76.2 cm³/mol. The smallest absolute Gasteiger partial charge is 0.363 e. The van der Waals surface area contributed by atoms with Crippen LogP contribution in [0.3, 0.4) is 0 Å². The molecule has 0 atom stereocenters. The van der Waals surface area contributed by atoms with Gasteiger partial charge >= 0.3 is 4.90 Å². The van der Waals surface area contributed by atoms with Crippen LogP contribution in [0.15, 0.2) is 27.0 Å². The van der Waals surface area contributed by atoms with E-state index in [0.29, 0.717) is 24.4 Å². The van der Waals surface area contributed by atoms with Crippen molar-refractivity contribution in [2.75, 3.05) is 39.5 Å². The highest BCUT2D eigenvalue weighted by Gasteiger charge is 2.10. The molecular formula is C14H17NO4S. The molecule has 2 aromatic rings. The van der Waals surface area contributed by atoms with Crippen molar-refractivity contribution in [1.29, 1.82) is 0 Å². The van der Waals surface area contributed by atoms with Gasteiger partial charge in [0.2, 0.25) is 0 Å². The van der Waals surface area contributed by atoms with Crippen LogP contribution in [0.1, 0.15) is 5.56 Å². The Hall–Kier alpha value is -1.21. The summed E-state index contributed by atoms with van der Waals surface area (Å²) in [6.07, 6.45) is 0. The number of rotatable bonds is 5. The molecule has 1 aliphatic heterocycles. The second-order valence-corrected chi connectivity index (χ2v) is 5.04. The van der Waals surface area contributed by atoms with E-state index < -0.39 is 0 Å². The van der Waals surface area contributed by atoms with Crippen LogP contribution in [0, 0.1) is 4.90 Å². The fraction of sp³-hybridized carbons (Fsp3) is 0.500. The molecule has 5 nitrogen and oxygen atoms in total. The van der Waals surface area contributed by atoms with E-state index in [4.69, 9.17) is 30.5 Å². The van der Waals surface area contributed by atoms with Crippen LogP contribution in [0.2, 0.25) is 0 Å². The second-order valence-electron chi connectivity index (χ2n) is 4.71. The van der Waals surface area contributed by atoms with E-state index in [-0.39, 0.29) is 4.90 Å². The number of fused-ring (bicyclic) bond motifs is 1. The van der Waals surface area contributed by atoms with Crippen LogP contribution in [-0.2, 0) is 16.1 Å². The molecule has 2 heterocycles. The van der Waals surface area contributed by atoms with Gasteiger partial charge in [-0.1, -0.05) is 12.1 Å². The molecule has 1 aromatic heterocycles. The molecule has 0 N–H and O–H groups in total. The van der Waals surface area contributed by atoms with Crippen molar-refractivity contribution in [2.45, 2.75) is 6.61 Å². The Morgan fingerprint density at radius 3 is 2.90 bits per heavy atom. The normalized spacial score (nSPS) is 16.8. The fourth-order valence-corrected chi connectivity index (χ4v) is 2.44. The first-order valence-corrected chi connectivity index (χ1v) is 7.13. The molecule has 6 heteroatoms. The van der Waals surface area contributed by atoms with Gasteiger partial charge in [-0.25, -0.2) is 0 Å². The lowest BCUT2D eigenvalue weighted by molar-refractivity contribution is 0.0181. The lowest BCUT2D eigenvalue weighted by atomic mass is 10.2. The standard InChI is InChI=1S/C14H17NO4S/c20-14-18-12-3-1-2-11(13(12)19-14)10-17-9-6-15-4-7-16-8-5-15/h1-3H,4-10H2. The zero-order chi connectivity index (χ0) is 13.8. The third kappa shape index (κ3) is 3.27. The summed E-state index contributed by atoms with van der Waals surface area (Å²) in [5.74, 6) is 0. The van der Waals surface area contributed by atoms with Crippen molar-refractivity contribution in [3.05, 3.63) is 28.7 Å². The van der Waals surface area contributed by atoms with Crippen LogP contribution >= 0.6 is 12.2 Å². The Bertz CT molecular complexity index is 615. The Balaban J connectivity index is 1.53. The molecule has 1 aromatic carbocycles. The maximum absolute atomic E-state index is 5.72. The summed E-state index contributed by atoms with van der Waals surface area (Å²) in [5, 5.41) is 0. The minimum absolute atomic E-state index is 0.153. The van der Waals surface area contributed by atoms with E-state index in [0.717, 1.165) is 38.4 Å². The SMILES string of the molecule is S=c1oc2cccc(COCCN3CCOCC3)c2o1. The Kier molecular flexibility index (Phi) is 4.47. The van der Waals surface area contributed by atoms with Gasteiger partial charge in [0.25, 0.3) is 0 Å². The van der Waals surface area contributed by atoms with E-state index >= 15 is 0 Å². The molecule has 0 spiro atoms. The van der Waals surface area contributed by atoms with Gasteiger partial charge in [-0.2, -0.15) is 0 Å². The van der Waals surface area contributed by atoms with Gasteiger partial charge in [0.1, 0.15) is 0 Å². The fourth-order valence-electron chi connectivity index (χ4n) is 2.27. The van der Waals surface area contributed by atoms with Gasteiger partial charge in [0, 0.05) is 37.4 Å². The van der Waals surface area contributed by atoms with Crippen LogP contribution in [0.4, 0.5) is 0 Å². The van der Waals surface area contributed by atoms with Crippen molar-refractivity contribution < 1.29 is 18.3 Å². The summed E-state index contributed by atoms with van der Waals surface area (Å²) in [7, 11) is 0. The minimum Gasteiger partial charge on any atom is -0.413 e. The molecule has 1 fully saturated rings. The lowest BCUT2D eigenvalue weighted by Crippen LogP contribution is -2.38. The second kappa shape index (κ2) is 6.49. The molecule has 1 aliphatic rings. The molecule has 20 heavy (non-hydrogen) atoms. The number of benzene rings is 1. The molecule has 0 amide bonds. The zero-order valence-electron chi connectivity index (χ0n) is 11.2. The van der Waals surface area contributed by atoms with Gasteiger partial charge in [0.15, 0.2) is 11.2 Å². The highest BCUT2D eigenvalue weighted by atomic mass is 32.1. The zero-order valence-corrected chi connectivity index (χ0v) is 12.0. The van der Waals surface area contributed by atoms with Crippen molar-refractivity contribution in [3.8, 4) is 0 Å². The average Bonchev–Trinajstić information content (AvgIpc) is 2.86. The van der Waals surface area contributed by atoms with Gasteiger partial charge in [0.05, 0.1) is 26.4 Å². The number of ether oxygens (including phenoxy) is 2. The predicted octanol–water partition coefficient (Wildman–Crippen LogP) is 2.60. The molecule has 0 unspecified atom stereocenters. The molecule has 0 saturated carbocycles. The molecule has 1 saturated heterocycles. The van der Waals surface area contributed by atoms with E-state index in [1.807, 2.05) is 18.2 Å². The quantitative estimate of drug-likeness (QED) is 0.624. The lowest BCUT2D eigenvalue weighted by Gasteiger charge is -2.26. The maximum Gasteiger partial charge on any atom is 0.363 e. The summed E-state index contributed by atoms with van der Waals surface area (Å²) in [5.41, 5.74) is 2.32. The topological polar surface area (TPSA) is 48.0 Å². The van der Waals surface area contributed by atoms with Crippen molar-refractivity contribution in [2.24, 2.45) is 0 Å². The summed E-state index contributed by atoms with van der Waals surface area (Å²) in [6, 6.07) is 5.72. The van der Waals surface area contributed by atoms with Crippen LogP contribution in [-0.4, -0.2) is 44.4 Å². The summed E-state index contributed by atoms with van der Waals surface area (Å²) < 4.78 is 21.7. The van der Waals surface area contributed by atoms with Gasteiger partial charge < -0.3 is 18.3 Å². The molecule has 108 valence electrons. The third-order valence-corrected chi connectivity index (χ3v) is 3.52. The average molecular weight is 295 g/mol. The minimum atomic E-state index is 0.153. The molecule has 0 aliphatic carbocycles. The number of nitrogens with zero attached hydrogens (tertiary/aromatic N) is 1. The Labute approximate surface area is 122 Å². The number of hydrogen-bond donors (Lipinski definition) is 0. The van der Waals surface area contributed by atoms with E-state index in [1.54, 1.807) is 0 Å².